The molecule has 2 atom stereocenters. The molecular weight excluding hydrogens is 439 g/mol. The number of amides is 2. The molecule has 1 aliphatic rings. The van der Waals surface area contributed by atoms with E-state index < -0.39 is 52.2 Å². The maximum absolute atomic E-state index is 13.9. The molecule has 0 aliphatic carbocycles. The van der Waals surface area contributed by atoms with Gasteiger partial charge in [-0.2, -0.15) is 0 Å². The average molecular weight is 465 g/mol. The second-order valence-electron chi connectivity index (χ2n) is 8.19. The summed E-state index contributed by atoms with van der Waals surface area (Å²) in [7, 11) is 0. The average Bonchev–Trinajstić information content (AvgIpc) is 2.98. The first-order chi connectivity index (χ1) is 15.7. The van der Waals surface area contributed by atoms with Gasteiger partial charge in [0.15, 0.2) is 5.75 Å². The van der Waals surface area contributed by atoms with Crippen LogP contribution >= 0.6 is 0 Å². The van der Waals surface area contributed by atoms with Crippen molar-refractivity contribution in [2.75, 3.05) is 6.54 Å². The van der Waals surface area contributed by atoms with Gasteiger partial charge in [-0.3, -0.25) is 14.4 Å². The van der Waals surface area contributed by atoms with E-state index >= 15 is 0 Å². The Hall–Kier alpha value is -3.30. The van der Waals surface area contributed by atoms with Crippen molar-refractivity contribution in [1.29, 1.82) is 0 Å². The number of rotatable bonds is 6. The van der Waals surface area contributed by atoms with E-state index in [9.17, 15) is 32.7 Å². The summed E-state index contributed by atoms with van der Waals surface area (Å²) in [6, 6.07) is 0.786. The number of nitrogens with zero attached hydrogens (tertiary/aromatic N) is 2. The van der Waals surface area contributed by atoms with Gasteiger partial charge in [-0.15, -0.1) is 0 Å². The largest absolute Gasteiger partial charge is 0.503 e. The van der Waals surface area contributed by atoms with E-state index in [1.165, 1.54) is 13.1 Å². The summed E-state index contributed by atoms with van der Waals surface area (Å²) in [6.45, 7) is 3.26. The van der Waals surface area contributed by atoms with Crippen LogP contribution in [0.15, 0.2) is 23.1 Å². The molecule has 1 aromatic heterocycles. The lowest BCUT2D eigenvalue weighted by atomic mass is 10.1. The number of aromatic hydroxyl groups is 1. The lowest BCUT2D eigenvalue weighted by molar-refractivity contribution is -0.120. The Morgan fingerprint density at radius 3 is 2.52 bits per heavy atom. The van der Waals surface area contributed by atoms with Crippen LogP contribution in [0, 0.1) is 24.4 Å². The number of halogens is 3. The maximum Gasteiger partial charge on any atom is 0.257 e. The van der Waals surface area contributed by atoms with Gasteiger partial charge in [-0.1, -0.05) is 6.92 Å². The Kier molecular flexibility index (Phi) is 7.45. The van der Waals surface area contributed by atoms with Crippen molar-refractivity contribution >= 4 is 12.3 Å². The summed E-state index contributed by atoms with van der Waals surface area (Å²) in [4.78, 5) is 38.5. The summed E-state index contributed by atoms with van der Waals surface area (Å²) >= 11 is 0. The van der Waals surface area contributed by atoms with Crippen LogP contribution in [-0.4, -0.2) is 39.5 Å². The van der Waals surface area contributed by atoms with Crippen molar-refractivity contribution in [2.45, 2.75) is 58.2 Å². The molecule has 1 saturated heterocycles. The molecule has 1 aliphatic heterocycles. The van der Waals surface area contributed by atoms with Crippen LogP contribution in [0.4, 0.5) is 13.2 Å². The Morgan fingerprint density at radius 1 is 1.24 bits per heavy atom. The van der Waals surface area contributed by atoms with Crippen molar-refractivity contribution < 1.29 is 27.9 Å². The quantitative estimate of drug-likeness (QED) is 0.641. The number of hydrogen-bond donors (Lipinski definition) is 2. The molecule has 7 nitrogen and oxygen atoms in total. The van der Waals surface area contributed by atoms with Gasteiger partial charge in [0.25, 0.3) is 5.91 Å². The number of benzene rings is 1. The van der Waals surface area contributed by atoms with Crippen molar-refractivity contribution in [3.63, 3.8) is 0 Å². The molecule has 10 heteroatoms. The molecule has 1 unspecified atom stereocenters. The molecule has 0 radical (unpaired) electrons. The Morgan fingerprint density at radius 2 is 1.91 bits per heavy atom. The Labute approximate surface area is 188 Å². The summed E-state index contributed by atoms with van der Waals surface area (Å²) in [5, 5.41) is 12.6. The zero-order valence-electron chi connectivity index (χ0n) is 18.4. The molecule has 2 amide bonds. The van der Waals surface area contributed by atoms with Gasteiger partial charge < -0.3 is 19.9 Å². The minimum absolute atomic E-state index is 0.0871. The second kappa shape index (κ2) is 10.1. The van der Waals surface area contributed by atoms with E-state index in [0.717, 1.165) is 25.7 Å². The Bertz CT molecular complexity index is 1100. The highest BCUT2D eigenvalue weighted by Crippen LogP contribution is 2.28. The lowest BCUT2D eigenvalue weighted by Crippen LogP contribution is -2.37. The first kappa shape index (κ1) is 24.3. The van der Waals surface area contributed by atoms with Crippen LogP contribution in [0.1, 0.15) is 60.3 Å². The van der Waals surface area contributed by atoms with E-state index in [-0.39, 0.29) is 17.8 Å². The molecule has 0 spiro atoms. The van der Waals surface area contributed by atoms with E-state index in [1.807, 2.05) is 6.92 Å². The van der Waals surface area contributed by atoms with E-state index in [0.29, 0.717) is 25.1 Å². The standard InChI is InChI=1S/C23H26F3N3O4/c1-3-15-5-4-6-16(10-28(15)12-30)29-11-18(22(32)21(31)13(29)2)23(33)27-9-17-19(25)7-14(24)8-20(17)26/h7-8,11-12,15-16,31H,3-6,9-10H2,1-2H3,(H,27,33)/t15?,16-/m0/s1. The van der Waals surface area contributed by atoms with Crippen molar-refractivity contribution in [3.8, 4) is 5.75 Å². The molecule has 0 saturated carbocycles. The van der Waals surface area contributed by atoms with Gasteiger partial charge in [-0.25, -0.2) is 13.2 Å². The number of aromatic nitrogens is 1. The van der Waals surface area contributed by atoms with Crippen LogP contribution in [0.25, 0.3) is 0 Å². The van der Waals surface area contributed by atoms with Crippen LogP contribution < -0.4 is 10.7 Å². The fourth-order valence-corrected chi connectivity index (χ4v) is 4.29. The molecular formula is C23H26F3N3O4. The maximum atomic E-state index is 13.9. The summed E-state index contributed by atoms with van der Waals surface area (Å²) < 4.78 is 42.4. The van der Waals surface area contributed by atoms with Gasteiger partial charge in [0.1, 0.15) is 23.0 Å². The number of pyridine rings is 1. The topological polar surface area (TPSA) is 91.6 Å². The molecule has 1 fully saturated rings. The van der Waals surface area contributed by atoms with Gasteiger partial charge >= 0.3 is 0 Å². The molecule has 3 rings (SSSR count). The van der Waals surface area contributed by atoms with Crippen molar-refractivity contribution in [2.24, 2.45) is 0 Å². The minimum atomic E-state index is -1.17. The summed E-state index contributed by atoms with van der Waals surface area (Å²) in [5.41, 5.74) is -1.64. The summed E-state index contributed by atoms with van der Waals surface area (Å²) in [6.07, 6.45) is 5.16. The fraction of sp³-hybridized carbons (Fsp3) is 0.435. The highest BCUT2D eigenvalue weighted by molar-refractivity contribution is 5.94. The number of carbonyl (C=O) groups excluding carboxylic acids is 2. The first-order valence-corrected chi connectivity index (χ1v) is 10.7. The monoisotopic (exact) mass is 465 g/mol. The number of nitrogens with one attached hydrogen (secondary N) is 1. The van der Waals surface area contributed by atoms with Crippen LogP contribution in [0.5, 0.6) is 5.75 Å². The first-order valence-electron chi connectivity index (χ1n) is 10.7. The van der Waals surface area contributed by atoms with Crippen molar-refractivity contribution in [1.82, 2.24) is 14.8 Å². The van der Waals surface area contributed by atoms with Crippen LogP contribution in [0.3, 0.4) is 0 Å². The van der Waals surface area contributed by atoms with Crippen LogP contribution in [-0.2, 0) is 11.3 Å². The second-order valence-corrected chi connectivity index (χ2v) is 8.19. The minimum Gasteiger partial charge on any atom is -0.503 e. The third-order valence-electron chi connectivity index (χ3n) is 6.20. The lowest BCUT2D eigenvalue weighted by Gasteiger charge is -2.29. The van der Waals surface area contributed by atoms with Gasteiger partial charge in [0, 0.05) is 43.0 Å². The van der Waals surface area contributed by atoms with E-state index in [4.69, 9.17) is 0 Å². The predicted octanol–water partition coefficient (Wildman–Crippen LogP) is 3.17. The Balaban J connectivity index is 1.90. The molecule has 2 aromatic rings. The third kappa shape index (κ3) is 5.04. The van der Waals surface area contributed by atoms with E-state index in [2.05, 4.69) is 5.32 Å². The smallest absolute Gasteiger partial charge is 0.257 e. The summed E-state index contributed by atoms with van der Waals surface area (Å²) in [5.74, 6) is -5.00. The zero-order valence-corrected chi connectivity index (χ0v) is 18.4. The van der Waals surface area contributed by atoms with Crippen LogP contribution in [0.2, 0.25) is 0 Å². The van der Waals surface area contributed by atoms with E-state index in [1.54, 1.807) is 9.47 Å². The molecule has 0 bridgehead atoms. The van der Waals surface area contributed by atoms with Gasteiger partial charge in [0.2, 0.25) is 11.8 Å². The predicted molar refractivity (Wildman–Crippen MR) is 114 cm³/mol. The third-order valence-corrected chi connectivity index (χ3v) is 6.20. The molecule has 178 valence electrons. The number of likely N-dealkylation sites (tertiary alicyclic amines) is 1. The fourth-order valence-electron chi connectivity index (χ4n) is 4.29. The van der Waals surface area contributed by atoms with Gasteiger partial charge in [-0.05, 0) is 32.6 Å². The molecule has 33 heavy (non-hydrogen) atoms. The molecule has 1 aromatic carbocycles. The number of hydrogen-bond acceptors (Lipinski definition) is 4. The van der Waals surface area contributed by atoms with Crippen molar-refractivity contribution in [3.05, 3.63) is 62.8 Å². The highest BCUT2D eigenvalue weighted by atomic mass is 19.1. The molecule has 2 N–H and O–H groups in total. The normalized spacial score (nSPS) is 18.6. The zero-order chi connectivity index (χ0) is 24.3. The van der Waals surface area contributed by atoms with Gasteiger partial charge in [0.05, 0.1) is 11.7 Å². The molecule has 2 heterocycles. The number of carbonyl (C=O) groups is 2. The highest BCUT2D eigenvalue weighted by Gasteiger charge is 2.27. The SMILES string of the molecule is CCC1CCC[C@H](n2cc(C(=O)NCc3c(F)cc(F)cc3F)c(=O)c(O)c2C)CN1C=O.